The summed E-state index contributed by atoms with van der Waals surface area (Å²) >= 11 is 0. The third kappa shape index (κ3) is 5.71. The molecule has 0 aromatic carbocycles. The SMILES string of the molecule is COC(=O)CCCS(N)=O. The summed E-state index contributed by atoms with van der Waals surface area (Å²) in [6.07, 6.45) is 0.815. The van der Waals surface area contributed by atoms with E-state index < -0.39 is 11.0 Å². The highest BCUT2D eigenvalue weighted by Gasteiger charge is 1.99. The van der Waals surface area contributed by atoms with Gasteiger partial charge in [0.15, 0.2) is 0 Å². The van der Waals surface area contributed by atoms with Crippen LogP contribution in [0.3, 0.4) is 0 Å². The summed E-state index contributed by atoms with van der Waals surface area (Å²) in [7, 11) is 0.0294. The van der Waals surface area contributed by atoms with Crippen LogP contribution in [0.5, 0.6) is 0 Å². The molecule has 0 bridgehead atoms. The molecule has 1 unspecified atom stereocenters. The molecule has 0 saturated carbocycles. The minimum Gasteiger partial charge on any atom is -0.469 e. The number of esters is 1. The van der Waals surface area contributed by atoms with Crippen molar-refractivity contribution in [1.82, 2.24) is 0 Å². The fraction of sp³-hybridized carbons (Fsp3) is 0.800. The van der Waals surface area contributed by atoms with E-state index in [1.165, 1.54) is 7.11 Å². The standard InChI is InChI=1S/C5H11NO3S/c1-9-5(7)3-2-4-10(6)8/h2-4,6H2,1H3. The van der Waals surface area contributed by atoms with Crippen LogP contribution < -0.4 is 5.14 Å². The topological polar surface area (TPSA) is 69.4 Å². The molecule has 10 heavy (non-hydrogen) atoms. The second-order valence-corrected chi connectivity index (χ2v) is 2.93. The summed E-state index contributed by atoms with van der Waals surface area (Å²) in [5, 5.41) is 4.94. The maximum atomic E-state index is 10.4. The van der Waals surface area contributed by atoms with Crippen molar-refractivity contribution in [3.05, 3.63) is 0 Å². The smallest absolute Gasteiger partial charge is 0.305 e. The lowest BCUT2D eigenvalue weighted by atomic mass is 10.3. The van der Waals surface area contributed by atoms with E-state index in [0.717, 1.165) is 0 Å². The van der Waals surface area contributed by atoms with Crippen molar-refractivity contribution in [2.75, 3.05) is 12.9 Å². The largest absolute Gasteiger partial charge is 0.469 e. The van der Waals surface area contributed by atoms with Gasteiger partial charge >= 0.3 is 5.97 Å². The second-order valence-electron chi connectivity index (χ2n) is 1.76. The summed E-state index contributed by atoms with van der Waals surface area (Å²) in [4.78, 5) is 10.4. The van der Waals surface area contributed by atoms with Gasteiger partial charge in [0.2, 0.25) is 0 Å². The predicted molar refractivity (Wildman–Crippen MR) is 38.4 cm³/mol. The first-order valence-corrected chi connectivity index (χ1v) is 4.24. The lowest BCUT2D eigenvalue weighted by Crippen LogP contribution is -2.09. The molecular weight excluding hydrogens is 154 g/mol. The van der Waals surface area contributed by atoms with Gasteiger partial charge < -0.3 is 4.74 Å². The molecular formula is C5H11NO3S. The predicted octanol–water partition coefficient (Wildman–Crippen LogP) is -0.438. The average Bonchev–Trinajstić information content (AvgIpc) is 1.87. The molecule has 0 aliphatic heterocycles. The van der Waals surface area contributed by atoms with E-state index in [9.17, 15) is 9.00 Å². The highest BCUT2D eigenvalue weighted by Crippen LogP contribution is 1.91. The van der Waals surface area contributed by atoms with Gasteiger partial charge in [0.05, 0.1) is 18.1 Å². The van der Waals surface area contributed by atoms with Gasteiger partial charge in [-0.1, -0.05) is 0 Å². The van der Waals surface area contributed by atoms with Crippen molar-refractivity contribution < 1.29 is 13.7 Å². The zero-order chi connectivity index (χ0) is 7.98. The number of nitrogens with two attached hydrogens (primary N) is 1. The molecule has 0 aliphatic carbocycles. The van der Waals surface area contributed by atoms with Crippen LogP contribution in [0.4, 0.5) is 0 Å². The van der Waals surface area contributed by atoms with Gasteiger partial charge in [-0.15, -0.1) is 0 Å². The Morgan fingerprint density at radius 2 is 2.30 bits per heavy atom. The summed E-state index contributed by atoms with van der Waals surface area (Å²) in [5.74, 6) is 0.0696. The normalized spacial score (nSPS) is 12.6. The van der Waals surface area contributed by atoms with Crippen molar-refractivity contribution in [3.63, 3.8) is 0 Å². The second kappa shape index (κ2) is 5.37. The summed E-state index contributed by atoms with van der Waals surface area (Å²) in [6, 6.07) is 0. The Kier molecular flexibility index (Phi) is 5.15. The molecule has 0 spiro atoms. The van der Waals surface area contributed by atoms with E-state index >= 15 is 0 Å². The van der Waals surface area contributed by atoms with Crippen LogP contribution in [0.1, 0.15) is 12.8 Å². The van der Waals surface area contributed by atoms with E-state index in [-0.39, 0.29) is 5.97 Å². The molecule has 0 fully saturated rings. The molecule has 0 saturated heterocycles. The van der Waals surface area contributed by atoms with Crippen molar-refractivity contribution in [2.24, 2.45) is 5.14 Å². The van der Waals surface area contributed by atoms with Gasteiger partial charge in [-0.25, -0.2) is 4.21 Å². The zero-order valence-electron chi connectivity index (χ0n) is 5.83. The first-order chi connectivity index (χ1) is 4.66. The van der Waals surface area contributed by atoms with Crippen LogP contribution in [0.25, 0.3) is 0 Å². The van der Waals surface area contributed by atoms with Crippen molar-refractivity contribution in [3.8, 4) is 0 Å². The Hall–Kier alpha value is -0.420. The number of carbonyl (C=O) groups is 1. The number of ether oxygens (including phenoxy) is 1. The molecule has 0 aromatic rings. The third-order valence-electron chi connectivity index (χ3n) is 0.954. The Morgan fingerprint density at radius 3 is 2.70 bits per heavy atom. The van der Waals surface area contributed by atoms with Gasteiger partial charge in [-0.05, 0) is 6.42 Å². The Bertz CT molecular complexity index is 137. The van der Waals surface area contributed by atoms with Crippen LogP contribution >= 0.6 is 0 Å². The van der Waals surface area contributed by atoms with Gasteiger partial charge in [0.25, 0.3) is 0 Å². The zero-order valence-corrected chi connectivity index (χ0v) is 6.65. The number of methoxy groups -OCH3 is 1. The maximum absolute atomic E-state index is 10.4. The minimum absolute atomic E-state index is 0.287. The monoisotopic (exact) mass is 165 g/mol. The number of hydrogen-bond acceptors (Lipinski definition) is 3. The van der Waals surface area contributed by atoms with Gasteiger partial charge in [-0.2, -0.15) is 0 Å². The Morgan fingerprint density at radius 1 is 1.70 bits per heavy atom. The summed E-state index contributed by atoms with van der Waals surface area (Å²) in [5.41, 5.74) is 0. The molecule has 0 rings (SSSR count). The molecule has 0 amide bonds. The molecule has 60 valence electrons. The van der Waals surface area contributed by atoms with Crippen LogP contribution in [-0.2, 0) is 20.5 Å². The van der Waals surface area contributed by atoms with Gasteiger partial charge in [0.1, 0.15) is 0 Å². The number of rotatable bonds is 4. The maximum Gasteiger partial charge on any atom is 0.305 e. The fourth-order valence-electron chi connectivity index (χ4n) is 0.461. The van der Waals surface area contributed by atoms with Crippen LogP contribution in [0.15, 0.2) is 0 Å². The fourth-order valence-corrected chi connectivity index (χ4v) is 0.890. The van der Waals surface area contributed by atoms with Gasteiger partial charge in [0, 0.05) is 12.2 Å². The first-order valence-electron chi connectivity index (χ1n) is 2.86. The van der Waals surface area contributed by atoms with Crippen LogP contribution in [-0.4, -0.2) is 23.0 Å². The molecule has 0 aliphatic rings. The molecule has 0 heterocycles. The highest BCUT2D eigenvalue weighted by molar-refractivity contribution is 7.82. The lowest BCUT2D eigenvalue weighted by molar-refractivity contribution is -0.140. The summed E-state index contributed by atoms with van der Waals surface area (Å²) < 4.78 is 14.6. The van der Waals surface area contributed by atoms with Gasteiger partial charge in [-0.3, -0.25) is 9.93 Å². The lowest BCUT2D eigenvalue weighted by Gasteiger charge is -1.95. The number of carbonyl (C=O) groups excluding carboxylic acids is 1. The molecule has 4 nitrogen and oxygen atoms in total. The molecule has 2 N–H and O–H groups in total. The average molecular weight is 165 g/mol. The Labute approximate surface area is 62.3 Å². The Balaban J connectivity index is 3.20. The molecule has 0 aromatic heterocycles. The van der Waals surface area contributed by atoms with E-state index in [4.69, 9.17) is 5.14 Å². The van der Waals surface area contributed by atoms with E-state index in [1.807, 2.05) is 0 Å². The van der Waals surface area contributed by atoms with Crippen molar-refractivity contribution >= 4 is 17.0 Å². The molecule has 1 atom stereocenters. The van der Waals surface area contributed by atoms with Crippen molar-refractivity contribution in [2.45, 2.75) is 12.8 Å². The van der Waals surface area contributed by atoms with Crippen LogP contribution in [0, 0.1) is 0 Å². The first kappa shape index (κ1) is 9.58. The van der Waals surface area contributed by atoms with Crippen LogP contribution in [0.2, 0.25) is 0 Å². The molecule has 0 radical (unpaired) electrons. The molecule has 5 heteroatoms. The minimum atomic E-state index is -1.29. The van der Waals surface area contributed by atoms with Crippen molar-refractivity contribution in [1.29, 1.82) is 0 Å². The van der Waals surface area contributed by atoms with E-state index in [0.29, 0.717) is 18.6 Å². The number of hydrogen-bond donors (Lipinski definition) is 1. The third-order valence-corrected chi connectivity index (χ3v) is 1.65. The highest BCUT2D eigenvalue weighted by atomic mass is 32.2. The van der Waals surface area contributed by atoms with E-state index in [2.05, 4.69) is 4.74 Å². The quantitative estimate of drug-likeness (QED) is 0.574. The summed E-state index contributed by atoms with van der Waals surface area (Å²) in [6.45, 7) is 0. The van der Waals surface area contributed by atoms with E-state index in [1.54, 1.807) is 0 Å².